The number of ether oxygens (including phenoxy) is 1. The van der Waals surface area contributed by atoms with Crippen LogP contribution in [0.3, 0.4) is 0 Å². The molecule has 29 heavy (non-hydrogen) atoms. The summed E-state index contributed by atoms with van der Waals surface area (Å²) in [5.74, 6) is 0.296. The van der Waals surface area contributed by atoms with Gasteiger partial charge < -0.3 is 10.1 Å². The zero-order valence-corrected chi connectivity index (χ0v) is 18.5. The van der Waals surface area contributed by atoms with E-state index in [1.807, 2.05) is 31.2 Å². The Labute approximate surface area is 177 Å². The van der Waals surface area contributed by atoms with Crippen LogP contribution in [0.4, 0.5) is 5.69 Å². The standard InChI is InChI=1S/C21H27ClN2O4S/c1-4-28-20-13-11-19(12-14-20)24(29(3,26)27)16(2)21(25)23-15-5-6-17-7-9-18(22)10-8-17/h7-14,16H,4-6,15H2,1-3H3,(H,23,25)/t16-/m1/s1. The lowest BCUT2D eigenvalue weighted by molar-refractivity contribution is -0.121. The van der Waals surface area contributed by atoms with E-state index in [9.17, 15) is 13.2 Å². The molecule has 0 aliphatic rings. The summed E-state index contributed by atoms with van der Waals surface area (Å²) in [4.78, 5) is 12.6. The van der Waals surface area contributed by atoms with E-state index in [1.165, 1.54) is 0 Å². The van der Waals surface area contributed by atoms with Crippen LogP contribution >= 0.6 is 11.6 Å². The maximum Gasteiger partial charge on any atom is 0.243 e. The first-order valence-electron chi connectivity index (χ1n) is 9.46. The Morgan fingerprint density at radius 2 is 1.76 bits per heavy atom. The van der Waals surface area contributed by atoms with Crippen molar-refractivity contribution in [2.75, 3.05) is 23.7 Å². The molecule has 0 saturated carbocycles. The Morgan fingerprint density at radius 3 is 2.31 bits per heavy atom. The molecule has 0 aromatic heterocycles. The number of nitrogens with one attached hydrogen (secondary N) is 1. The third kappa shape index (κ3) is 6.94. The Kier molecular flexibility index (Phi) is 8.34. The number of benzene rings is 2. The van der Waals surface area contributed by atoms with Crippen LogP contribution in [0.15, 0.2) is 48.5 Å². The van der Waals surface area contributed by atoms with Gasteiger partial charge in [-0.2, -0.15) is 0 Å². The lowest BCUT2D eigenvalue weighted by atomic mass is 10.1. The van der Waals surface area contributed by atoms with Gasteiger partial charge in [-0.3, -0.25) is 9.10 Å². The average molecular weight is 439 g/mol. The van der Waals surface area contributed by atoms with Crippen LogP contribution in [0.2, 0.25) is 5.02 Å². The van der Waals surface area contributed by atoms with E-state index in [0.717, 1.165) is 29.0 Å². The summed E-state index contributed by atoms with van der Waals surface area (Å²) in [6.07, 6.45) is 2.62. The fraction of sp³-hybridized carbons (Fsp3) is 0.381. The molecule has 0 unspecified atom stereocenters. The van der Waals surface area contributed by atoms with Gasteiger partial charge >= 0.3 is 0 Å². The highest BCUT2D eigenvalue weighted by molar-refractivity contribution is 7.92. The number of nitrogens with zero attached hydrogens (tertiary/aromatic N) is 1. The molecule has 2 aromatic carbocycles. The summed E-state index contributed by atoms with van der Waals surface area (Å²) < 4.78 is 31.2. The summed E-state index contributed by atoms with van der Waals surface area (Å²) >= 11 is 5.87. The number of anilines is 1. The first kappa shape index (κ1) is 23.0. The number of sulfonamides is 1. The lowest BCUT2D eigenvalue weighted by Crippen LogP contribution is -2.48. The minimum Gasteiger partial charge on any atom is -0.494 e. The number of carbonyl (C=O) groups excluding carboxylic acids is 1. The number of hydrogen-bond acceptors (Lipinski definition) is 4. The first-order valence-corrected chi connectivity index (χ1v) is 11.7. The predicted molar refractivity (Wildman–Crippen MR) is 117 cm³/mol. The SMILES string of the molecule is CCOc1ccc(N([C@H](C)C(=O)NCCCc2ccc(Cl)cc2)S(C)(=O)=O)cc1. The predicted octanol–water partition coefficient (Wildman–Crippen LogP) is 3.64. The van der Waals surface area contributed by atoms with Crippen molar-refractivity contribution in [3.63, 3.8) is 0 Å². The Bertz CT molecular complexity index is 899. The van der Waals surface area contributed by atoms with Gasteiger partial charge in [-0.25, -0.2) is 8.42 Å². The summed E-state index contributed by atoms with van der Waals surface area (Å²) in [5, 5.41) is 3.51. The van der Waals surface area contributed by atoms with Crippen LogP contribution < -0.4 is 14.4 Å². The van der Waals surface area contributed by atoms with Crippen LogP contribution in [0.25, 0.3) is 0 Å². The number of rotatable bonds is 10. The quantitative estimate of drug-likeness (QED) is 0.574. The van der Waals surface area contributed by atoms with Crippen molar-refractivity contribution < 1.29 is 17.9 Å². The van der Waals surface area contributed by atoms with Crippen molar-refractivity contribution >= 4 is 33.2 Å². The summed E-state index contributed by atoms with van der Waals surface area (Å²) in [6, 6.07) is 13.3. The van der Waals surface area contributed by atoms with Gasteiger partial charge in [0.05, 0.1) is 18.6 Å². The maximum absolute atomic E-state index is 12.6. The van der Waals surface area contributed by atoms with Crippen molar-refractivity contribution in [3.05, 3.63) is 59.1 Å². The number of carbonyl (C=O) groups is 1. The minimum absolute atomic E-state index is 0.347. The normalized spacial score (nSPS) is 12.3. The fourth-order valence-corrected chi connectivity index (χ4v) is 4.27. The highest BCUT2D eigenvalue weighted by Crippen LogP contribution is 2.24. The van der Waals surface area contributed by atoms with Crippen molar-refractivity contribution in [3.8, 4) is 5.75 Å². The van der Waals surface area contributed by atoms with Gasteiger partial charge in [0.1, 0.15) is 11.8 Å². The molecular weight excluding hydrogens is 412 g/mol. The molecule has 0 aliphatic carbocycles. The molecule has 0 spiro atoms. The zero-order valence-electron chi connectivity index (χ0n) is 16.9. The second kappa shape index (κ2) is 10.5. The number of halogens is 1. The largest absolute Gasteiger partial charge is 0.494 e. The second-order valence-electron chi connectivity index (χ2n) is 6.68. The topological polar surface area (TPSA) is 75.7 Å². The van der Waals surface area contributed by atoms with Crippen molar-refractivity contribution in [2.24, 2.45) is 0 Å². The Morgan fingerprint density at radius 1 is 1.14 bits per heavy atom. The third-order valence-corrected chi connectivity index (χ3v) is 5.84. The highest BCUT2D eigenvalue weighted by Gasteiger charge is 2.28. The number of amides is 1. The molecule has 8 heteroatoms. The van der Waals surface area contributed by atoms with E-state index < -0.39 is 16.1 Å². The van der Waals surface area contributed by atoms with Crippen LogP contribution in [-0.2, 0) is 21.2 Å². The van der Waals surface area contributed by atoms with Crippen LogP contribution in [0.5, 0.6) is 5.75 Å². The minimum atomic E-state index is -3.65. The van der Waals surface area contributed by atoms with E-state index in [-0.39, 0.29) is 5.91 Å². The van der Waals surface area contributed by atoms with Gasteiger partial charge in [0, 0.05) is 11.6 Å². The van der Waals surface area contributed by atoms with Crippen LogP contribution in [0, 0.1) is 0 Å². The van der Waals surface area contributed by atoms with E-state index in [1.54, 1.807) is 31.2 Å². The molecule has 0 radical (unpaired) electrons. The van der Waals surface area contributed by atoms with E-state index in [2.05, 4.69) is 5.32 Å². The average Bonchev–Trinajstić information content (AvgIpc) is 2.67. The fourth-order valence-electron chi connectivity index (χ4n) is 2.97. The molecule has 1 atom stereocenters. The van der Waals surface area contributed by atoms with E-state index in [0.29, 0.717) is 29.6 Å². The monoisotopic (exact) mass is 438 g/mol. The maximum atomic E-state index is 12.6. The molecule has 1 N–H and O–H groups in total. The molecule has 1 amide bonds. The molecule has 0 bridgehead atoms. The van der Waals surface area contributed by atoms with Gasteiger partial charge in [0.15, 0.2) is 0 Å². The highest BCUT2D eigenvalue weighted by atomic mass is 35.5. The summed E-state index contributed by atoms with van der Waals surface area (Å²) in [6.45, 7) is 4.42. The molecule has 6 nitrogen and oxygen atoms in total. The summed E-state index contributed by atoms with van der Waals surface area (Å²) in [7, 11) is -3.65. The molecule has 0 saturated heterocycles. The van der Waals surface area contributed by atoms with Crippen molar-refractivity contribution in [1.29, 1.82) is 0 Å². The molecule has 0 aliphatic heterocycles. The van der Waals surface area contributed by atoms with Crippen LogP contribution in [0.1, 0.15) is 25.8 Å². The van der Waals surface area contributed by atoms with Crippen molar-refractivity contribution in [1.82, 2.24) is 5.32 Å². The van der Waals surface area contributed by atoms with Crippen molar-refractivity contribution in [2.45, 2.75) is 32.7 Å². The smallest absolute Gasteiger partial charge is 0.243 e. The molecule has 158 valence electrons. The van der Waals surface area contributed by atoms with Gasteiger partial charge in [0.2, 0.25) is 15.9 Å². The molecule has 2 aromatic rings. The van der Waals surface area contributed by atoms with Gasteiger partial charge in [-0.15, -0.1) is 0 Å². The molecular formula is C21H27ClN2O4S. The van der Waals surface area contributed by atoms with Crippen LogP contribution in [-0.4, -0.2) is 39.8 Å². The van der Waals surface area contributed by atoms with E-state index >= 15 is 0 Å². The number of hydrogen-bond donors (Lipinski definition) is 1. The third-order valence-electron chi connectivity index (χ3n) is 4.35. The van der Waals surface area contributed by atoms with Gasteiger partial charge in [-0.05, 0) is 68.7 Å². The Balaban J connectivity index is 1.98. The molecule has 2 rings (SSSR count). The first-order chi connectivity index (χ1) is 13.7. The second-order valence-corrected chi connectivity index (χ2v) is 8.98. The zero-order chi connectivity index (χ0) is 21.4. The van der Waals surface area contributed by atoms with Gasteiger partial charge in [0.25, 0.3) is 0 Å². The number of aryl methyl sites for hydroxylation is 1. The van der Waals surface area contributed by atoms with Gasteiger partial charge in [-0.1, -0.05) is 23.7 Å². The van der Waals surface area contributed by atoms with E-state index in [4.69, 9.17) is 16.3 Å². The molecule has 0 heterocycles. The Hall–Kier alpha value is -2.25. The molecule has 0 fully saturated rings. The lowest BCUT2D eigenvalue weighted by Gasteiger charge is -2.28. The summed E-state index contributed by atoms with van der Waals surface area (Å²) in [5.41, 5.74) is 1.55.